The number of rotatable bonds is 3. The highest BCUT2D eigenvalue weighted by atomic mass is 32.2. The third kappa shape index (κ3) is 2.47. The Balaban J connectivity index is 2.41. The Morgan fingerprint density at radius 2 is 2.24 bits per heavy atom. The van der Waals surface area contributed by atoms with Crippen LogP contribution < -0.4 is 0 Å². The zero-order valence-electron chi connectivity index (χ0n) is 9.41. The number of hydrogen-bond acceptors (Lipinski definition) is 4. The topological polar surface area (TPSA) is 68.0 Å². The Kier molecular flexibility index (Phi) is 3.14. The highest BCUT2D eigenvalue weighted by Gasteiger charge is 2.14. The molecule has 0 atom stereocenters. The minimum atomic E-state index is -0.978. The minimum Gasteiger partial charge on any atom is -0.478 e. The number of carboxylic acid groups (broad SMARTS) is 1. The fourth-order valence-corrected chi connectivity index (χ4v) is 2.26. The number of imidazole rings is 1. The molecule has 0 aromatic carbocycles. The van der Waals surface area contributed by atoms with E-state index in [0.29, 0.717) is 10.2 Å². The van der Waals surface area contributed by atoms with Crippen molar-refractivity contribution in [2.75, 3.05) is 0 Å². The lowest BCUT2D eigenvalue weighted by atomic mass is 10.2. The van der Waals surface area contributed by atoms with E-state index in [9.17, 15) is 4.79 Å². The summed E-state index contributed by atoms with van der Waals surface area (Å²) in [5.41, 5.74) is 0.982. The first-order valence-electron chi connectivity index (χ1n) is 4.94. The number of pyridine rings is 1. The summed E-state index contributed by atoms with van der Waals surface area (Å²) < 4.78 is 1.82. The van der Waals surface area contributed by atoms with Crippen molar-refractivity contribution in [3.05, 3.63) is 35.8 Å². The minimum absolute atomic E-state index is 0.198. The van der Waals surface area contributed by atoms with Crippen LogP contribution in [-0.2, 0) is 7.05 Å². The molecule has 2 aromatic heterocycles. The Morgan fingerprint density at radius 3 is 2.82 bits per heavy atom. The fraction of sp³-hybridized carbons (Fsp3) is 0.182. The zero-order valence-corrected chi connectivity index (χ0v) is 10.2. The molecule has 2 rings (SSSR count). The van der Waals surface area contributed by atoms with E-state index in [2.05, 4.69) is 9.97 Å². The van der Waals surface area contributed by atoms with Crippen LogP contribution in [-0.4, -0.2) is 25.6 Å². The van der Waals surface area contributed by atoms with Gasteiger partial charge >= 0.3 is 5.97 Å². The predicted molar refractivity (Wildman–Crippen MR) is 63.3 cm³/mol. The summed E-state index contributed by atoms with van der Waals surface area (Å²) in [6.07, 6.45) is 3.47. The van der Waals surface area contributed by atoms with E-state index in [0.717, 1.165) is 5.69 Å². The summed E-state index contributed by atoms with van der Waals surface area (Å²) in [6.45, 7) is 1.83. The number of aryl methyl sites for hydroxylation is 2. The van der Waals surface area contributed by atoms with Gasteiger partial charge in [-0.15, -0.1) is 0 Å². The summed E-state index contributed by atoms with van der Waals surface area (Å²) in [4.78, 5) is 19.4. The van der Waals surface area contributed by atoms with Gasteiger partial charge in [0, 0.05) is 25.1 Å². The molecule has 0 saturated heterocycles. The molecule has 2 aromatic rings. The first-order valence-corrected chi connectivity index (χ1v) is 5.75. The van der Waals surface area contributed by atoms with Crippen LogP contribution in [0.15, 0.2) is 34.7 Å². The zero-order chi connectivity index (χ0) is 12.4. The van der Waals surface area contributed by atoms with Crippen LogP contribution >= 0.6 is 11.8 Å². The van der Waals surface area contributed by atoms with Gasteiger partial charge in [-0.1, -0.05) is 0 Å². The smallest absolute Gasteiger partial charge is 0.338 e. The van der Waals surface area contributed by atoms with Crippen LogP contribution in [0.5, 0.6) is 0 Å². The van der Waals surface area contributed by atoms with E-state index < -0.39 is 5.97 Å². The summed E-state index contributed by atoms with van der Waals surface area (Å²) in [5.74, 6) is -0.978. The van der Waals surface area contributed by atoms with Gasteiger partial charge in [0.25, 0.3) is 0 Å². The van der Waals surface area contributed by atoms with Gasteiger partial charge in [0.1, 0.15) is 5.03 Å². The average molecular weight is 249 g/mol. The molecule has 0 bridgehead atoms. The summed E-state index contributed by atoms with van der Waals surface area (Å²) in [7, 11) is 1.85. The van der Waals surface area contributed by atoms with E-state index >= 15 is 0 Å². The van der Waals surface area contributed by atoms with Gasteiger partial charge in [0.05, 0.1) is 5.56 Å². The molecule has 5 nitrogen and oxygen atoms in total. The van der Waals surface area contributed by atoms with Crippen LogP contribution in [0, 0.1) is 6.92 Å². The Labute approximate surface area is 103 Å². The van der Waals surface area contributed by atoms with Crippen molar-refractivity contribution in [1.29, 1.82) is 0 Å². The van der Waals surface area contributed by atoms with E-state index in [1.807, 2.05) is 18.5 Å². The molecule has 88 valence electrons. The van der Waals surface area contributed by atoms with Crippen LogP contribution in [0.3, 0.4) is 0 Å². The van der Waals surface area contributed by atoms with Crippen molar-refractivity contribution in [2.24, 2.45) is 7.05 Å². The molecule has 0 aliphatic heterocycles. The summed E-state index contributed by atoms with van der Waals surface area (Å²) in [5, 5.41) is 10.3. The Bertz CT molecular complexity index is 566. The van der Waals surface area contributed by atoms with E-state index in [-0.39, 0.29) is 5.56 Å². The maximum Gasteiger partial charge on any atom is 0.338 e. The van der Waals surface area contributed by atoms with Gasteiger partial charge in [-0.05, 0) is 30.8 Å². The second-order valence-corrected chi connectivity index (χ2v) is 4.49. The molecule has 0 saturated carbocycles. The molecule has 0 fully saturated rings. The second kappa shape index (κ2) is 4.58. The molecule has 17 heavy (non-hydrogen) atoms. The fourth-order valence-electron chi connectivity index (χ4n) is 1.31. The summed E-state index contributed by atoms with van der Waals surface area (Å²) >= 11 is 1.25. The second-order valence-electron chi connectivity index (χ2n) is 3.53. The van der Waals surface area contributed by atoms with Gasteiger partial charge in [-0.3, -0.25) is 0 Å². The lowest BCUT2D eigenvalue weighted by molar-refractivity contribution is 0.0692. The molecule has 2 heterocycles. The highest BCUT2D eigenvalue weighted by molar-refractivity contribution is 7.99. The summed E-state index contributed by atoms with van der Waals surface area (Å²) in [6, 6.07) is 3.25. The van der Waals surface area contributed by atoms with Crippen LogP contribution in [0.4, 0.5) is 0 Å². The van der Waals surface area contributed by atoms with Gasteiger partial charge in [0.2, 0.25) is 0 Å². The van der Waals surface area contributed by atoms with Crippen LogP contribution in [0.2, 0.25) is 0 Å². The lowest BCUT2D eigenvalue weighted by Gasteiger charge is -2.05. The number of aromatic carboxylic acids is 1. The van der Waals surface area contributed by atoms with Crippen molar-refractivity contribution in [3.63, 3.8) is 0 Å². The van der Waals surface area contributed by atoms with Crippen molar-refractivity contribution >= 4 is 17.7 Å². The van der Waals surface area contributed by atoms with Crippen molar-refractivity contribution in [2.45, 2.75) is 17.1 Å². The Hall–Kier alpha value is -1.82. The molecule has 1 N–H and O–H groups in total. The maximum atomic E-state index is 11.1. The van der Waals surface area contributed by atoms with E-state index in [1.165, 1.54) is 11.8 Å². The molecule has 6 heteroatoms. The van der Waals surface area contributed by atoms with Crippen molar-refractivity contribution in [3.8, 4) is 0 Å². The molecular formula is C11H11N3O2S. The molecule has 0 aliphatic carbocycles. The molecule has 0 radical (unpaired) electrons. The van der Waals surface area contributed by atoms with Crippen LogP contribution in [0.25, 0.3) is 0 Å². The van der Waals surface area contributed by atoms with Gasteiger partial charge < -0.3 is 9.67 Å². The lowest BCUT2D eigenvalue weighted by Crippen LogP contribution is -2.02. The van der Waals surface area contributed by atoms with E-state index in [1.54, 1.807) is 24.5 Å². The molecule has 0 spiro atoms. The number of nitrogens with zero attached hydrogens (tertiary/aromatic N) is 3. The number of carbonyl (C=O) groups is 1. The monoisotopic (exact) mass is 249 g/mol. The van der Waals surface area contributed by atoms with Gasteiger partial charge in [-0.25, -0.2) is 14.8 Å². The maximum absolute atomic E-state index is 11.1. The third-order valence-electron chi connectivity index (χ3n) is 2.19. The quantitative estimate of drug-likeness (QED) is 0.900. The highest BCUT2D eigenvalue weighted by Crippen LogP contribution is 2.27. The number of aromatic nitrogens is 3. The molecule has 0 aliphatic rings. The van der Waals surface area contributed by atoms with Gasteiger partial charge in [0.15, 0.2) is 5.16 Å². The standard InChI is InChI=1S/C11H11N3O2S/c1-7-3-4-8(10(15)16)9(13-7)17-11-12-5-6-14(11)2/h3-6H,1-2H3,(H,15,16). The van der Waals surface area contributed by atoms with Crippen molar-refractivity contribution < 1.29 is 9.90 Å². The van der Waals surface area contributed by atoms with E-state index in [4.69, 9.17) is 5.11 Å². The number of hydrogen-bond donors (Lipinski definition) is 1. The predicted octanol–water partition coefficient (Wildman–Crippen LogP) is 1.97. The molecule has 0 unspecified atom stereocenters. The first kappa shape index (κ1) is 11.7. The molecular weight excluding hydrogens is 238 g/mol. The van der Waals surface area contributed by atoms with Crippen LogP contribution in [0.1, 0.15) is 16.1 Å². The normalized spacial score (nSPS) is 10.5. The molecule has 0 amide bonds. The number of carboxylic acids is 1. The SMILES string of the molecule is Cc1ccc(C(=O)O)c(Sc2nccn2C)n1. The Morgan fingerprint density at radius 1 is 1.47 bits per heavy atom. The largest absolute Gasteiger partial charge is 0.478 e. The average Bonchev–Trinajstić information content (AvgIpc) is 2.64. The third-order valence-corrected chi connectivity index (χ3v) is 3.28. The van der Waals surface area contributed by atoms with Gasteiger partial charge in [-0.2, -0.15) is 0 Å². The first-order chi connectivity index (χ1) is 8.08. The van der Waals surface area contributed by atoms with Crippen molar-refractivity contribution in [1.82, 2.24) is 14.5 Å².